The van der Waals surface area contributed by atoms with Gasteiger partial charge in [0.25, 0.3) is 0 Å². The molecule has 1 fully saturated rings. The summed E-state index contributed by atoms with van der Waals surface area (Å²) in [5.41, 5.74) is 1.69. The van der Waals surface area contributed by atoms with Gasteiger partial charge in [-0.2, -0.15) is 0 Å². The van der Waals surface area contributed by atoms with Gasteiger partial charge < -0.3 is 10.1 Å². The number of carbonyl (C=O) groups is 2. The van der Waals surface area contributed by atoms with Crippen molar-refractivity contribution in [1.29, 1.82) is 0 Å². The van der Waals surface area contributed by atoms with Crippen LogP contribution in [0.15, 0.2) is 0 Å². The Morgan fingerprint density at radius 3 is 2.62 bits per heavy atom. The number of piperidine rings is 1. The van der Waals surface area contributed by atoms with Crippen LogP contribution in [0.1, 0.15) is 60.8 Å². The number of carbonyl (C=O) groups excluding carboxylic acids is 2. The Labute approximate surface area is 160 Å². The molecular formula is C20H30N2O3S. The van der Waals surface area contributed by atoms with Gasteiger partial charge in [0.2, 0.25) is 5.91 Å². The largest absolute Gasteiger partial charge is 0.462 e. The van der Waals surface area contributed by atoms with E-state index in [1.54, 1.807) is 11.3 Å². The van der Waals surface area contributed by atoms with Crippen molar-refractivity contribution in [1.82, 2.24) is 4.90 Å². The number of esters is 1. The van der Waals surface area contributed by atoms with Gasteiger partial charge in [0.05, 0.1) is 18.7 Å². The van der Waals surface area contributed by atoms with Crippen molar-refractivity contribution in [2.75, 3.05) is 31.6 Å². The lowest BCUT2D eigenvalue weighted by molar-refractivity contribution is -0.117. The van der Waals surface area contributed by atoms with Gasteiger partial charge in [0, 0.05) is 4.88 Å². The molecule has 1 saturated heterocycles. The summed E-state index contributed by atoms with van der Waals surface area (Å²) in [6.45, 7) is 9.00. The highest BCUT2D eigenvalue weighted by atomic mass is 32.1. The Morgan fingerprint density at radius 1 is 1.19 bits per heavy atom. The summed E-state index contributed by atoms with van der Waals surface area (Å²) in [4.78, 5) is 28.5. The number of fused-ring (bicyclic) bond motifs is 1. The van der Waals surface area contributed by atoms with E-state index in [2.05, 4.69) is 24.1 Å². The van der Waals surface area contributed by atoms with Crippen molar-refractivity contribution in [3.63, 3.8) is 0 Å². The molecule has 0 bridgehead atoms. The van der Waals surface area contributed by atoms with Crippen molar-refractivity contribution in [3.05, 3.63) is 16.0 Å². The van der Waals surface area contributed by atoms with Crippen molar-refractivity contribution in [2.45, 2.75) is 52.9 Å². The fraction of sp³-hybridized carbons (Fsp3) is 0.700. The molecule has 1 atom stereocenters. The van der Waals surface area contributed by atoms with Gasteiger partial charge in [-0.25, -0.2) is 4.79 Å². The van der Waals surface area contributed by atoms with Gasteiger partial charge in [-0.05, 0) is 69.5 Å². The van der Waals surface area contributed by atoms with Crippen LogP contribution in [-0.4, -0.2) is 43.0 Å². The summed E-state index contributed by atoms with van der Waals surface area (Å²) in [7, 11) is 0. The summed E-state index contributed by atoms with van der Waals surface area (Å²) in [5, 5.41) is 3.70. The van der Waals surface area contributed by atoms with Gasteiger partial charge in [0.1, 0.15) is 5.00 Å². The maximum Gasteiger partial charge on any atom is 0.341 e. The highest BCUT2D eigenvalue weighted by molar-refractivity contribution is 7.17. The Balaban J connectivity index is 1.73. The van der Waals surface area contributed by atoms with E-state index in [1.807, 2.05) is 6.92 Å². The number of nitrogens with zero attached hydrogens (tertiary/aromatic N) is 1. The van der Waals surface area contributed by atoms with Gasteiger partial charge in [-0.1, -0.05) is 13.8 Å². The van der Waals surface area contributed by atoms with Crippen molar-refractivity contribution in [3.8, 4) is 0 Å². The van der Waals surface area contributed by atoms with E-state index in [9.17, 15) is 9.59 Å². The standard InChI is InChI=1S/C20H30N2O3S/c1-4-25-20(24)18-15-6-5-14(3)11-16(15)26-19(18)21-17(23)12-22-9-7-13(2)8-10-22/h13-14H,4-12H2,1-3H3,(H,21,23)/t14-/m1/s1. The average molecular weight is 379 g/mol. The van der Waals surface area contributed by atoms with E-state index in [0.717, 1.165) is 56.7 Å². The van der Waals surface area contributed by atoms with Crippen molar-refractivity contribution >= 4 is 28.2 Å². The summed E-state index contributed by atoms with van der Waals surface area (Å²) >= 11 is 1.56. The average Bonchev–Trinajstić information content (AvgIpc) is 2.93. The molecule has 1 aromatic rings. The van der Waals surface area contributed by atoms with Gasteiger partial charge >= 0.3 is 5.97 Å². The maximum atomic E-state index is 12.6. The molecule has 1 aliphatic carbocycles. The zero-order valence-corrected chi connectivity index (χ0v) is 16.9. The van der Waals surface area contributed by atoms with Crippen molar-refractivity contribution in [2.24, 2.45) is 11.8 Å². The number of nitrogens with one attached hydrogen (secondary N) is 1. The topological polar surface area (TPSA) is 58.6 Å². The lowest BCUT2D eigenvalue weighted by atomic mass is 9.88. The first kappa shape index (κ1) is 19.4. The molecule has 5 nitrogen and oxygen atoms in total. The second-order valence-electron chi connectivity index (χ2n) is 7.78. The second-order valence-corrected chi connectivity index (χ2v) is 8.89. The minimum absolute atomic E-state index is 0.0308. The Morgan fingerprint density at radius 2 is 1.92 bits per heavy atom. The van der Waals surface area contributed by atoms with E-state index >= 15 is 0 Å². The summed E-state index contributed by atoms with van der Waals surface area (Å²) in [5.74, 6) is 1.03. The quantitative estimate of drug-likeness (QED) is 0.794. The molecular weight excluding hydrogens is 348 g/mol. The monoisotopic (exact) mass is 378 g/mol. The summed E-state index contributed by atoms with van der Waals surface area (Å²) in [6.07, 6.45) is 5.24. The lowest BCUT2D eigenvalue weighted by Gasteiger charge is -2.29. The number of hydrogen-bond acceptors (Lipinski definition) is 5. The van der Waals surface area contributed by atoms with E-state index in [4.69, 9.17) is 4.74 Å². The van der Waals surface area contributed by atoms with Crippen LogP contribution in [0.25, 0.3) is 0 Å². The Bertz CT molecular complexity index is 662. The smallest absolute Gasteiger partial charge is 0.341 e. The van der Waals surface area contributed by atoms with Crippen LogP contribution in [0.3, 0.4) is 0 Å². The molecule has 0 saturated carbocycles. The molecule has 1 amide bonds. The molecule has 3 rings (SSSR count). The first-order chi connectivity index (χ1) is 12.5. The SMILES string of the molecule is CCOC(=O)c1c(NC(=O)CN2CCC(C)CC2)sc2c1CC[C@@H](C)C2. The van der Waals surface area contributed by atoms with Crippen molar-refractivity contribution < 1.29 is 14.3 Å². The summed E-state index contributed by atoms with van der Waals surface area (Å²) in [6, 6.07) is 0. The van der Waals surface area contributed by atoms with Crippen LogP contribution >= 0.6 is 11.3 Å². The van der Waals surface area contributed by atoms with E-state index in [-0.39, 0.29) is 11.9 Å². The molecule has 0 spiro atoms. The highest BCUT2D eigenvalue weighted by Gasteiger charge is 2.29. The van der Waals surface area contributed by atoms with Crippen LogP contribution in [0.2, 0.25) is 0 Å². The number of anilines is 1. The van der Waals surface area contributed by atoms with Gasteiger partial charge in [-0.3, -0.25) is 9.69 Å². The number of rotatable bonds is 5. The van der Waals surface area contributed by atoms with E-state index < -0.39 is 0 Å². The minimum Gasteiger partial charge on any atom is -0.462 e. The molecule has 6 heteroatoms. The molecule has 2 heterocycles. The first-order valence-corrected chi connectivity index (χ1v) is 10.6. The first-order valence-electron chi connectivity index (χ1n) is 9.81. The van der Waals surface area contributed by atoms with Crippen LogP contribution in [0.4, 0.5) is 5.00 Å². The molecule has 26 heavy (non-hydrogen) atoms. The fourth-order valence-corrected chi connectivity index (χ4v) is 5.26. The third-order valence-corrected chi connectivity index (χ3v) is 6.66. The molecule has 144 valence electrons. The van der Waals surface area contributed by atoms with E-state index in [0.29, 0.717) is 29.6 Å². The predicted octanol–water partition coefficient (Wildman–Crippen LogP) is 3.72. The third kappa shape index (κ3) is 4.46. The van der Waals surface area contributed by atoms with Gasteiger partial charge in [-0.15, -0.1) is 11.3 Å². The molecule has 1 aliphatic heterocycles. The van der Waals surface area contributed by atoms with Crippen LogP contribution < -0.4 is 5.32 Å². The lowest BCUT2D eigenvalue weighted by Crippen LogP contribution is -2.38. The third-order valence-electron chi connectivity index (χ3n) is 5.49. The number of likely N-dealkylation sites (tertiary alicyclic amines) is 1. The zero-order valence-electron chi connectivity index (χ0n) is 16.1. The molecule has 0 unspecified atom stereocenters. The van der Waals surface area contributed by atoms with Crippen LogP contribution in [-0.2, 0) is 22.4 Å². The van der Waals surface area contributed by atoms with Gasteiger partial charge in [0.15, 0.2) is 0 Å². The molecule has 1 aromatic heterocycles. The van der Waals surface area contributed by atoms with Crippen LogP contribution in [0, 0.1) is 11.8 Å². The fourth-order valence-electron chi connectivity index (χ4n) is 3.85. The van der Waals surface area contributed by atoms with Crippen LogP contribution in [0.5, 0.6) is 0 Å². The highest BCUT2D eigenvalue weighted by Crippen LogP contribution is 2.40. The Hall–Kier alpha value is -1.40. The van der Waals surface area contributed by atoms with E-state index in [1.165, 1.54) is 4.88 Å². The predicted molar refractivity (Wildman–Crippen MR) is 105 cm³/mol. The number of ether oxygens (including phenoxy) is 1. The minimum atomic E-state index is -0.304. The molecule has 0 radical (unpaired) electrons. The second kappa shape index (κ2) is 8.53. The zero-order chi connectivity index (χ0) is 18.7. The molecule has 0 aromatic carbocycles. The molecule has 2 aliphatic rings. The summed E-state index contributed by atoms with van der Waals surface area (Å²) < 4.78 is 5.27. The number of hydrogen-bond donors (Lipinski definition) is 1. The number of thiophene rings is 1. The Kier molecular flexibility index (Phi) is 6.35. The number of amides is 1. The normalized spacial score (nSPS) is 21.3. The maximum absolute atomic E-state index is 12.6. The molecule has 1 N–H and O–H groups in total.